The lowest BCUT2D eigenvalue weighted by Gasteiger charge is -2.30. The van der Waals surface area contributed by atoms with Crippen molar-refractivity contribution in [1.82, 2.24) is 4.90 Å². The van der Waals surface area contributed by atoms with Crippen LogP contribution in [-0.4, -0.2) is 39.4 Å². The fourth-order valence-corrected chi connectivity index (χ4v) is 5.64. The average Bonchev–Trinajstić information content (AvgIpc) is 2.83. The van der Waals surface area contributed by atoms with Crippen LogP contribution in [0.5, 0.6) is 5.75 Å². The molecule has 0 saturated carbocycles. The Morgan fingerprint density at radius 1 is 1.03 bits per heavy atom. The van der Waals surface area contributed by atoms with Gasteiger partial charge in [-0.3, -0.25) is 9.10 Å². The number of amides is 1. The number of rotatable bonds is 7. The molecule has 0 aromatic heterocycles. The summed E-state index contributed by atoms with van der Waals surface area (Å²) in [6.07, 6.45) is 1.66. The highest BCUT2D eigenvalue weighted by molar-refractivity contribution is 7.92. The normalized spacial score (nSPS) is 13.3. The summed E-state index contributed by atoms with van der Waals surface area (Å²) in [5.41, 5.74) is 3.49. The number of hydrogen-bond acceptors (Lipinski definition) is 4. The van der Waals surface area contributed by atoms with E-state index < -0.39 is 10.0 Å². The molecule has 0 unspecified atom stereocenters. The van der Waals surface area contributed by atoms with Crippen LogP contribution in [0.2, 0.25) is 0 Å². The first-order valence-electron chi connectivity index (χ1n) is 11.0. The zero-order valence-electron chi connectivity index (χ0n) is 18.9. The Morgan fingerprint density at radius 2 is 1.76 bits per heavy atom. The predicted molar refractivity (Wildman–Crippen MR) is 129 cm³/mol. The fraction of sp³-hybridized carbons (Fsp3) is 0.269. The van der Waals surface area contributed by atoms with E-state index in [0.29, 0.717) is 24.4 Å². The molecule has 6 nitrogen and oxygen atoms in total. The van der Waals surface area contributed by atoms with E-state index in [-0.39, 0.29) is 17.4 Å². The quantitative estimate of drug-likeness (QED) is 0.526. The molecular formula is C26H28N2O4S. The van der Waals surface area contributed by atoms with Crippen LogP contribution in [0.3, 0.4) is 0 Å². The smallest absolute Gasteiger partial charge is 0.264 e. The van der Waals surface area contributed by atoms with Crippen molar-refractivity contribution in [2.24, 2.45) is 0 Å². The van der Waals surface area contributed by atoms with Crippen molar-refractivity contribution in [3.63, 3.8) is 0 Å². The second-order valence-corrected chi connectivity index (χ2v) is 10.1. The average molecular weight is 465 g/mol. The standard InChI is InChI=1S/C26H28N2O4S/c1-20-17-23(33(30,31)28-16-8-12-22-11-6-7-13-24(22)28)14-15-25(20)32-19-26(29)27(2)18-21-9-4-3-5-10-21/h3-7,9-11,13-15,17H,8,12,16,18-19H2,1-2H3. The van der Waals surface area contributed by atoms with E-state index >= 15 is 0 Å². The maximum Gasteiger partial charge on any atom is 0.264 e. The minimum Gasteiger partial charge on any atom is -0.483 e. The van der Waals surface area contributed by atoms with Gasteiger partial charge in [0.05, 0.1) is 10.6 Å². The number of carbonyl (C=O) groups is 1. The van der Waals surface area contributed by atoms with Gasteiger partial charge >= 0.3 is 0 Å². The summed E-state index contributed by atoms with van der Waals surface area (Å²) < 4.78 is 34.0. The molecule has 0 aliphatic carbocycles. The summed E-state index contributed by atoms with van der Waals surface area (Å²) in [5.74, 6) is 0.342. The summed E-state index contributed by atoms with van der Waals surface area (Å²) in [6.45, 7) is 2.63. The third-order valence-electron chi connectivity index (χ3n) is 5.84. The molecule has 172 valence electrons. The molecule has 0 bridgehead atoms. The van der Waals surface area contributed by atoms with Gasteiger partial charge in [-0.1, -0.05) is 48.5 Å². The van der Waals surface area contributed by atoms with Crippen molar-refractivity contribution in [2.75, 3.05) is 24.5 Å². The SMILES string of the molecule is Cc1cc(S(=O)(=O)N2CCCc3ccccc32)ccc1OCC(=O)N(C)Cc1ccccc1. The first-order chi connectivity index (χ1) is 15.9. The maximum atomic E-state index is 13.4. The molecule has 33 heavy (non-hydrogen) atoms. The van der Waals surface area contributed by atoms with E-state index in [1.807, 2.05) is 54.6 Å². The Hall–Kier alpha value is -3.32. The highest BCUT2D eigenvalue weighted by atomic mass is 32.2. The van der Waals surface area contributed by atoms with E-state index in [9.17, 15) is 13.2 Å². The molecule has 0 atom stereocenters. The minimum absolute atomic E-state index is 0.115. The number of anilines is 1. The topological polar surface area (TPSA) is 66.9 Å². The summed E-state index contributed by atoms with van der Waals surface area (Å²) in [5, 5.41) is 0. The van der Waals surface area contributed by atoms with E-state index in [1.165, 1.54) is 4.31 Å². The van der Waals surface area contributed by atoms with Gasteiger partial charge in [0.1, 0.15) is 5.75 Å². The molecule has 4 rings (SSSR count). The van der Waals surface area contributed by atoms with Crippen molar-refractivity contribution in [3.05, 3.63) is 89.5 Å². The van der Waals surface area contributed by atoms with E-state index in [2.05, 4.69) is 0 Å². The molecule has 0 spiro atoms. The molecule has 0 saturated heterocycles. The van der Waals surface area contributed by atoms with Crippen LogP contribution in [0.4, 0.5) is 5.69 Å². The van der Waals surface area contributed by atoms with Crippen LogP contribution in [0.25, 0.3) is 0 Å². The molecule has 0 fully saturated rings. The second kappa shape index (κ2) is 9.67. The van der Waals surface area contributed by atoms with Crippen molar-refractivity contribution in [2.45, 2.75) is 31.2 Å². The third-order valence-corrected chi connectivity index (χ3v) is 7.65. The number of nitrogens with zero attached hydrogens (tertiary/aromatic N) is 2. The van der Waals surface area contributed by atoms with Crippen molar-refractivity contribution in [1.29, 1.82) is 0 Å². The van der Waals surface area contributed by atoms with Gasteiger partial charge in [-0.25, -0.2) is 8.42 Å². The largest absolute Gasteiger partial charge is 0.483 e. The van der Waals surface area contributed by atoms with Crippen LogP contribution in [0, 0.1) is 6.92 Å². The highest BCUT2D eigenvalue weighted by Crippen LogP contribution is 2.33. The van der Waals surface area contributed by atoms with E-state index in [1.54, 1.807) is 37.1 Å². The Labute approximate surface area is 195 Å². The van der Waals surface area contributed by atoms with Gasteiger partial charge in [0, 0.05) is 20.1 Å². The van der Waals surface area contributed by atoms with Crippen LogP contribution in [0.15, 0.2) is 77.7 Å². The number of hydrogen-bond donors (Lipinski definition) is 0. The van der Waals surface area contributed by atoms with Crippen LogP contribution < -0.4 is 9.04 Å². The molecule has 3 aromatic carbocycles. The molecule has 1 aliphatic rings. The number of ether oxygens (including phenoxy) is 1. The minimum atomic E-state index is -3.69. The predicted octanol–water partition coefficient (Wildman–Crippen LogP) is 4.17. The molecular weight excluding hydrogens is 436 g/mol. The van der Waals surface area contributed by atoms with Crippen molar-refractivity contribution < 1.29 is 17.9 Å². The Balaban J connectivity index is 1.44. The monoisotopic (exact) mass is 464 g/mol. The number of carbonyl (C=O) groups excluding carboxylic acids is 1. The van der Waals surface area contributed by atoms with Crippen LogP contribution in [-0.2, 0) is 27.8 Å². The van der Waals surface area contributed by atoms with Crippen LogP contribution in [0.1, 0.15) is 23.1 Å². The lowest BCUT2D eigenvalue weighted by atomic mass is 10.0. The lowest BCUT2D eigenvalue weighted by Crippen LogP contribution is -2.35. The number of likely N-dealkylation sites (N-methyl/N-ethyl adjacent to an activating group) is 1. The number of aryl methyl sites for hydroxylation is 2. The summed E-state index contributed by atoms with van der Waals surface area (Å²) in [7, 11) is -1.96. The summed E-state index contributed by atoms with van der Waals surface area (Å²) >= 11 is 0. The van der Waals surface area contributed by atoms with Gasteiger partial charge in [-0.05, 0) is 60.7 Å². The number of benzene rings is 3. The zero-order chi connectivity index (χ0) is 23.4. The highest BCUT2D eigenvalue weighted by Gasteiger charge is 2.29. The number of para-hydroxylation sites is 1. The van der Waals surface area contributed by atoms with Gasteiger partial charge in [0.2, 0.25) is 0 Å². The first-order valence-corrected chi connectivity index (χ1v) is 12.4. The molecule has 1 amide bonds. The maximum absolute atomic E-state index is 13.4. The molecule has 0 radical (unpaired) electrons. The number of fused-ring (bicyclic) bond motifs is 1. The lowest BCUT2D eigenvalue weighted by molar-refractivity contribution is -0.132. The molecule has 3 aromatic rings. The van der Waals surface area contributed by atoms with Gasteiger partial charge in [-0.2, -0.15) is 0 Å². The van der Waals surface area contributed by atoms with Gasteiger partial charge in [-0.15, -0.1) is 0 Å². The molecule has 0 N–H and O–H groups in total. The fourth-order valence-electron chi connectivity index (χ4n) is 4.02. The zero-order valence-corrected chi connectivity index (χ0v) is 19.7. The number of sulfonamides is 1. The second-order valence-electron chi connectivity index (χ2n) is 8.26. The molecule has 7 heteroatoms. The van der Waals surface area contributed by atoms with Gasteiger partial charge < -0.3 is 9.64 Å². The molecule has 1 heterocycles. The van der Waals surface area contributed by atoms with E-state index in [0.717, 1.165) is 29.7 Å². The van der Waals surface area contributed by atoms with Gasteiger partial charge in [0.25, 0.3) is 15.9 Å². The Morgan fingerprint density at radius 3 is 2.52 bits per heavy atom. The van der Waals surface area contributed by atoms with E-state index in [4.69, 9.17) is 4.74 Å². The molecule has 1 aliphatic heterocycles. The van der Waals surface area contributed by atoms with Gasteiger partial charge in [0.15, 0.2) is 6.61 Å². The summed E-state index contributed by atoms with van der Waals surface area (Å²) in [6, 6.07) is 22.2. The Bertz CT molecular complexity index is 1240. The van der Waals surface area contributed by atoms with Crippen LogP contribution >= 0.6 is 0 Å². The van der Waals surface area contributed by atoms with Crippen molar-refractivity contribution >= 4 is 21.6 Å². The third kappa shape index (κ3) is 5.03. The Kier molecular flexibility index (Phi) is 6.70. The first kappa shape index (κ1) is 22.9. The summed E-state index contributed by atoms with van der Waals surface area (Å²) in [4.78, 5) is 14.3. The van der Waals surface area contributed by atoms with Crippen molar-refractivity contribution in [3.8, 4) is 5.75 Å².